The van der Waals surface area contributed by atoms with Crippen LogP contribution in [-0.2, 0) is 9.59 Å². The summed E-state index contributed by atoms with van der Waals surface area (Å²) in [6.07, 6.45) is 2.97. The van der Waals surface area contributed by atoms with Crippen LogP contribution in [0.5, 0.6) is 0 Å². The Hall–Kier alpha value is -1.79. The lowest BCUT2D eigenvalue weighted by molar-refractivity contribution is -0.137. The van der Waals surface area contributed by atoms with Crippen molar-refractivity contribution in [1.82, 2.24) is 10.2 Å². The SMILES string of the molecule is CC(CCC(=O)O)CNC(=O)N1CCCCC1C(N)=O. The summed E-state index contributed by atoms with van der Waals surface area (Å²) in [7, 11) is 0. The molecule has 20 heavy (non-hydrogen) atoms. The number of rotatable bonds is 6. The third-order valence-electron chi connectivity index (χ3n) is 3.54. The molecule has 4 N–H and O–H groups in total. The lowest BCUT2D eigenvalue weighted by Gasteiger charge is -2.33. The van der Waals surface area contributed by atoms with Gasteiger partial charge in [-0.3, -0.25) is 9.59 Å². The zero-order valence-corrected chi connectivity index (χ0v) is 11.8. The first-order valence-electron chi connectivity index (χ1n) is 6.97. The van der Waals surface area contributed by atoms with Crippen LogP contribution in [0.3, 0.4) is 0 Å². The highest BCUT2D eigenvalue weighted by Crippen LogP contribution is 2.16. The number of piperidine rings is 1. The van der Waals surface area contributed by atoms with Crippen molar-refractivity contribution in [2.24, 2.45) is 11.7 Å². The number of carboxylic acids is 1. The first-order valence-corrected chi connectivity index (χ1v) is 6.97. The molecule has 0 aromatic heterocycles. The van der Waals surface area contributed by atoms with Crippen molar-refractivity contribution in [3.05, 3.63) is 0 Å². The summed E-state index contributed by atoms with van der Waals surface area (Å²) in [6, 6.07) is -0.825. The highest BCUT2D eigenvalue weighted by molar-refractivity contribution is 5.86. The van der Waals surface area contributed by atoms with Crippen LogP contribution in [0.25, 0.3) is 0 Å². The molecule has 7 nitrogen and oxygen atoms in total. The number of aliphatic carboxylic acids is 1. The number of nitrogens with one attached hydrogen (secondary N) is 1. The van der Waals surface area contributed by atoms with Gasteiger partial charge in [0.25, 0.3) is 0 Å². The van der Waals surface area contributed by atoms with Crippen LogP contribution in [0.4, 0.5) is 4.79 Å². The van der Waals surface area contributed by atoms with E-state index in [1.165, 1.54) is 4.90 Å². The van der Waals surface area contributed by atoms with Crippen molar-refractivity contribution in [3.8, 4) is 0 Å². The average molecular weight is 285 g/mol. The van der Waals surface area contributed by atoms with E-state index in [2.05, 4.69) is 5.32 Å². The van der Waals surface area contributed by atoms with E-state index >= 15 is 0 Å². The van der Waals surface area contributed by atoms with E-state index in [9.17, 15) is 14.4 Å². The maximum Gasteiger partial charge on any atom is 0.318 e. The van der Waals surface area contributed by atoms with Crippen molar-refractivity contribution in [1.29, 1.82) is 0 Å². The van der Waals surface area contributed by atoms with Crippen LogP contribution in [-0.4, -0.2) is 47.0 Å². The van der Waals surface area contributed by atoms with Crippen LogP contribution in [0.15, 0.2) is 0 Å². The molecule has 0 aliphatic carbocycles. The number of carboxylic acid groups (broad SMARTS) is 1. The van der Waals surface area contributed by atoms with Gasteiger partial charge in [-0.1, -0.05) is 6.92 Å². The van der Waals surface area contributed by atoms with E-state index in [-0.39, 0.29) is 18.4 Å². The third-order valence-corrected chi connectivity index (χ3v) is 3.54. The minimum atomic E-state index is -0.840. The molecule has 7 heteroatoms. The number of nitrogens with two attached hydrogens (primary N) is 1. The Morgan fingerprint density at radius 2 is 2.10 bits per heavy atom. The third kappa shape index (κ3) is 5.07. The molecule has 0 spiro atoms. The molecule has 1 rings (SSSR count). The Morgan fingerprint density at radius 1 is 1.40 bits per heavy atom. The highest BCUT2D eigenvalue weighted by atomic mass is 16.4. The maximum atomic E-state index is 12.0. The summed E-state index contributed by atoms with van der Waals surface area (Å²) < 4.78 is 0. The van der Waals surface area contributed by atoms with Crippen molar-refractivity contribution < 1.29 is 19.5 Å². The summed E-state index contributed by atoms with van der Waals surface area (Å²) in [5, 5.41) is 11.3. The van der Waals surface area contributed by atoms with E-state index in [4.69, 9.17) is 10.8 Å². The molecular weight excluding hydrogens is 262 g/mol. The summed E-state index contributed by atoms with van der Waals surface area (Å²) >= 11 is 0. The van der Waals surface area contributed by atoms with Crippen LogP contribution in [0.2, 0.25) is 0 Å². The molecule has 0 radical (unpaired) electrons. The van der Waals surface area contributed by atoms with Gasteiger partial charge in [0.05, 0.1) is 0 Å². The minimum absolute atomic E-state index is 0.0758. The number of hydrogen-bond acceptors (Lipinski definition) is 3. The van der Waals surface area contributed by atoms with Crippen LogP contribution in [0.1, 0.15) is 39.0 Å². The van der Waals surface area contributed by atoms with Gasteiger partial charge in [0, 0.05) is 19.5 Å². The molecule has 0 bridgehead atoms. The molecule has 3 amide bonds. The first kappa shape index (κ1) is 16.3. The normalized spacial score (nSPS) is 20.2. The largest absolute Gasteiger partial charge is 0.481 e. The lowest BCUT2D eigenvalue weighted by Crippen LogP contribution is -2.54. The number of carbonyl (C=O) groups excluding carboxylic acids is 2. The van der Waals surface area contributed by atoms with Crippen LogP contribution in [0, 0.1) is 5.92 Å². The zero-order chi connectivity index (χ0) is 15.1. The Kier molecular flexibility index (Phi) is 6.27. The molecule has 114 valence electrons. The van der Waals surface area contributed by atoms with Gasteiger partial charge in [0.1, 0.15) is 6.04 Å². The Labute approximate surface area is 118 Å². The fraction of sp³-hybridized carbons (Fsp3) is 0.769. The molecule has 2 unspecified atom stereocenters. The predicted octanol–water partition coefficient (Wildman–Crippen LogP) is 0.537. The molecule has 1 heterocycles. The van der Waals surface area contributed by atoms with Gasteiger partial charge in [0.15, 0.2) is 0 Å². The zero-order valence-electron chi connectivity index (χ0n) is 11.8. The van der Waals surface area contributed by atoms with E-state index in [0.717, 1.165) is 12.8 Å². The van der Waals surface area contributed by atoms with E-state index in [0.29, 0.717) is 25.9 Å². The van der Waals surface area contributed by atoms with Crippen molar-refractivity contribution >= 4 is 17.9 Å². The van der Waals surface area contributed by atoms with Gasteiger partial charge in [-0.2, -0.15) is 0 Å². The fourth-order valence-corrected chi connectivity index (χ4v) is 2.31. The lowest BCUT2D eigenvalue weighted by atomic mass is 10.0. The summed E-state index contributed by atoms with van der Waals surface area (Å²) in [4.78, 5) is 35.3. The van der Waals surface area contributed by atoms with Crippen molar-refractivity contribution in [3.63, 3.8) is 0 Å². The van der Waals surface area contributed by atoms with Crippen LogP contribution >= 0.6 is 0 Å². The van der Waals surface area contributed by atoms with Gasteiger partial charge in [-0.15, -0.1) is 0 Å². The Bertz CT molecular complexity index is 373. The van der Waals surface area contributed by atoms with Crippen molar-refractivity contribution in [2.75, 3.05) is 13.1 Å². The number of urea groups is 1. The predicted molar refractivity (Wildman–Crippen MR) is 73.0 cm³/mol. The highest BCUT2D eigenvalue weighted by Gasteiger charge is 2.30. The summed E-state index contributed by atoms with van der Waals surface area (Å²) in [5.41, 5.74) is 5.31. The number of carbonyl (C=O) groups is 3. The first-order chi connectivity index (χ1) is 9.41. The molecule has 0 aromatic rings. The number of nitrogens with zero attached hydrogens (tertiary/aromatic N) is 1. The van der Waals surface area contributed by atoms with Gasteiger partial charge < -0.3 is 21.1 Å². The second-order valence-corrected chi connectivity index (χ2v) is 5.33. The number of hydrogen-bond donors (Lipinski definition) is 3. The quantitative estimate of drug-likeness (QED) is 0.661. The molecule has 1 aliphatic rings. The molecule has 2 atom stereocenters. The van der Waals surface area contributed by atoms with E-state index in [1.54, 1.807) is 0 Å². The van der Waals surface area contributed by atoms with E-state index < -0.39 is 17.9 Å². The molecule has 0 saturated carbocycles. The van der Waals surface area contributed by atoms with Gasteiger partial charge in [0.2, 0.25) is 5.91 Å². The summed E-state index contributed by atoms with van der Waals surface area (Å²) in [5.74, 6) is -1.24. The monoisotopic (exact) mass is 285 g/mol. The van der Waals surface area contributed by atoms with E-state index in [1.807, 2.05) is 6.92 Å². The molecule has 0 aromatic carbocycles. The molecule has 1 fully saturated rings. The topological polar surface area (TPSA) is 113 Å². The second-order valence-electron chi connectivity index (χ2n) is 5.33. The van der Waals surface area contributed by atoms with Gasteiger partial charge >= 0.3 is 12.0 Å². The Balaban J connectivity index is 2.40. The summed E-state index contributed by atoms with van der Waals surface area (Å²) in [6.45, 7) is 2.81. The van der Waals surface area contributed by atoms with Crippen LogP contribution < -0.4 is 11.1 Å². The Morgan fingerprint density at radius 3 is 2.70 bits per heavy atom. The number of amides is 3. The fourth-order valence-electron chi connectivity index (χ4n) is 2.31. The average Bonchev–Trinajstić information content (AvgIpc) is 2.42. The minimum Gasteiger partial charge on any atom is -0.481 e. The van der Waals surface area contributed by atoms with Crippen molar-refractivity contribution in [2.45, 2.75) is 45.1 Å². The van der Waals surface area contributed by atoms with Gasteiger partial charge in [-0.05, 0) is 31.6 Å². The molecule has 1 saturated heterocycles. The maximum absolute atomic E-state index is 12.0. The van der Waals surface area contributed by atoms with Gasteiger partial charge in [-0.25, -0.2) is 4.79 Å². The molecular formula is C13H23N3O4. The molecule has 1 aliphatic heterocycles. The number of primary amides is 1. The standard InChI is InChI=1S/C13H23N3O4/c1-9(5-6-11(17)18)8-15-13(20)16-7-3-2-4-10(16)12(14)19/h9-10H,2-8H2,1H3,(H2,14,19)(H,15,20)(H,17,18). The number of likely N-dealkylation sites (tertiary alicyclic amines) is 1. The second kappa shape index (κ2) is 7.72. The smallest absolute Gasteiger partial charge is 0.318 e.